The predicted octanol–water partition coefficient (Wildman–Crippen LogP) is 5.42. The van der Waals surface area contributed by atoms with Gasteiger partial charge in [-0.2, -0.15) is 0 Å². The Kier molecular flexibility index (Phi) is 9.94. The first-order valence-electron chi connectivity index (χ1n) is 15.9. The van der Waals surface area contributed by atoms with E-state index in [4.69, 9.17) is 47.4 Å². The molecule has 4 aromatic carbocycles. The standard InChI is InChI=1S/C38H42O12/c1-41-21-15-29(47-7)32-31(16-21)49-37(20-10-12-25(43-3)28(14-20)46-6)35(40)34(32)33-30(48-8)18-26(44-4)22-17-23(39)36(50-38(22)33)19-9-11-24(42-2)27(13-19)45-5/h9-16,18,23,34-37,39-40H,17H2,1-8H3/t23-,34+,35-,36+,37+/m0/s1. The summed E-state index contributed by atoms with van der Waals surface area (Å²) in [5.41, 5.74) is 2.98. The van der Waals surface area contributed by atoms with E-state index in [1.54, 1.807) is 92.2 Å². The molecular formula is C38H42O12. The quantitative estimate of drug-likeness (QED) is 0.208. The van der Waals surface area contributed by atoms with E-state index in [1.807, 2.05) is 12.1 Å². The lowest BCUT2D eigenvalue weighted by Crippen LogP contribution is -2.37. The molecule has 266 valence electrons. The minimum atomic E-state index is -1.22. The highest BCUT2D eigenvalue weighted by atomic mass is 16.5. The third-order valence-corrected chi connectivity index (χ3v) is 9.32. The van der Waals surface area contributed by atoms with Crippen molar-refractivity contribution in [3.05, 3.63) is 82.4 Å². The summed E-state index contributed by atoms with van der Waals surface area (Å²) in [5.74, 6) is 3.79. The molecule has 0 bridgehead atoms. The van der Waals surface area contributed by atoms with Gasteiger partial charge in [-0.25, -0.2) is 0 Å². The molecule has 12 heteroatoms. The monoisotopic (exact) mass is 690 g/mol. The molecule has 0 radical (unpaired) electrons. The molecular weight excluding hydrogens is 648 g/mol. The van der Waals surface area contributed by atoms with Crippen LogP contribution in [-0.2, 0) is 6.42 Å². The molecule has 0 spiro atoms. The number of aliphatic hydroxyl groups is 2. The number of ether oxygens (including phenoxy) is 10. The van der Waals surface area contributed by atoms with Crippen LogP contribution in [0, 0.1) is 0 Å². The molecule has 5 atom stereocenters. The van der Waals surface area contributed by atoms with Gasteiger partial charge in [-0.3, -0.25) is 0 Å². The average Bonchev–Trinajstić information content (AvgIpc) is 3.15. The van der Waals surface area contributed by atoms with E-state index in [0.717, 1.165) is 0 Å². The summed E-state index contributed by atoms with van der Waals surface area (Å²) < 4.78 is 58.8. The second-order valence-electron chi connectivity index (χ2n) is 11.8. The van der Waals surface area contributed by atoms with Crippen LogP contribution < -0.4 is 47.4 Å². The van der Waals surface area contributed by atoms with Crippen LogP contribution in [0.4, 0.5) is 0 Å². The Labute approximate surface area is 290 Å². The van der Waals surface area contributed by atoms with E-state index in [2.05, 4.69) is 0 Å². The first-order valence-corrected chi connectivity index (χ1v) is 15.9. The Bertz CT molecular complexity index is 1860. The number of fused-ring (bicyclic) bond motifs is 2. The van der Waals surface area contributed by atoms with E-state index in [9.17, 15) is 10.2 Å². The van der Waals surface area contributed by atoms with Crippen LogP contribution in [-0.4, -0.2) is 79.3 Å². The molecule has 0 aromatic heterocycles. The smallest absolute Gasteiger partial charge is 0.161 e. The largest absolute Gasteiger partial charge is 0.496 e. The van der Waals surface area contributed by atoms with Gasteiger partial charge in [-0.05, 0) is 35.4 Å². The van der Waals surface area contributed by atoms with E-state index >= 15 is 0 Å². The molecule has 0 saturated carbocycles. The fourth-order valence-corrected chi connectivity index (χ4v) is 6.92. The summed E-state index contributed by atoms with van der Waals surface area (Å²) in [6, 6.07) is 15.9. The lowest BCUT2D eigenvalue weighted by molar-refractivity contribution is 0.00114. The Hall–Kier alpha value is -5.20. The van der Waals surface area contributed by atoms with Crippen molar-refractivity contribution in [1.82, 2.24) is 0 Å². The maximum Gasteiger partial charge on any atom is 0.161 e. The van der Waals surface area contributed by atoms with Crippen LogP contribution in [0.5, 0.6) is 57.5 Å². The lowest BCUT2D eigenvalue weighted by atomic mass is 9.77. The molecule has 0 aliphatic carbocycles. The van der Waals surface area contributed by atoms with E-state index in [-0.39, 0.29) is 6.42 Å². The molecule has 2 aliphatic rings. The number of aliphatic hydroxyl groups excluding tert-OH is 2. The van der Waals surface area contributed by atoms with Gasteiger partial charge in [0.2, 0.25) is 0 Å². The summed E-state index contributed by atoms with van der Waals surface area (Å²) in [5, 5.41) is 24.1. The molecule has 12 nitrogen and oxygen atoms in total. The highest BCUT2D eigenvalue weighted by Crippen LogP contribution is 2.58. The molecule has 4 aromatic rings. The van der Waals surface area contributed by atoms with Gasteiger partial charge in [0.05, 0.1) is 68.9 Å². The average molecular weight is 691 g/mol. The van der Waals surface area contributed by atoms with Crippen LogP contribution in [0.2, 0.25) is 0 Å². The van der Waals surface area contributed by atoms with E-state index in [1.165, 1.54) is 7.11 Å². The summed E-state index contributed by atoms with van der Waals surface area (Å²) in [7, 11) is 12.4. The number of benzene rings is 4. The zero-order valence-electron chi connectivity index (χ0n) is 29.3. The molecule has 0 unspecified atom stereocenters. The van der Waals surface area contributed by atoms with Gasteiger partial charge in [-0.15, -0.1) is 0 Å². The highest BCUT2D eigenvalue weighted by Gasteiger charge is 2.46. The minimum absolute atomic E-state index is 0.180. The second-order valence-corrected chi connectivity index (χ2v) is 11.8. The molecule has 0 fully saturated rings. The molecule has 6 rings (SSSR count). The SMILES string of the molecule is COc1cc(OC)c2c(c1)O[C@H](c1ccc(OC)c(OC)c1)[C@@H](O)[C@H]2c1c(OC)cc(OC)c2c1O[C@H](c1ccc(OC)c(OC)c1)[C@@H](O)C2. The van der Waals surface area contributed by atoms with Crippen molar-refractivity contribution in [2.24, 2.45) is 0 Å². The second kappa shape index (κ2) is 14.3. The first kappa shape index (κ1) is 34.7. The minimum Gasteiger partial charge on any atom is -0.496 e. The molecule has 0 amide bonds. The normalized spacial score (nSPS) is 20.6. The molecule has 2 aliphatic heterocycles. The van der Waals surface area contributed by atoms with Gasteiger partial charge >= 0.3 is 0 Å². The van der Waals surface area contributed by atoms with Gasteiger partial charge in [0, 0.05) is 41.3 Å². The molecule has 2 N–H and O–H groups in total. The van der Waals surface area contributed by atoms with Crippen LogP contribution in [0.15, 0.2) is 54.6 Å². The Morgan fingerprint density at radius 3 is 1.60 bits per heavy atom. The third-order valence-electron chi connectivity index (χ3n) is 9.32. The van der Waals surface area contributed by atoms with Crippen LogP contribution in [0.25, 0.3) is 0 Å². The molecule has 50 heavy (non-hydrogen) atoms. The van der Waals surface area contributed by atoms with Crippen molar-refractivity contribution in [1.29, 1.82) is 0 Å². The van der Waals surface area contributed by atoms with Gasteiger partial charge in [0.15, 0.2) is 29.1 Å². The lowest BCUT2D eigenvalue weighted by Gasteiger charge is -2.41. The van der Waals surface area contributed by atoms with Gasteiger partial charge in [-0.1, -0.05) is 12.1 Å². The molecule has 2 heterocycles. The van der Waals surface area contributed by atoms with Gasteiger partial charge in [0.25, 0.3) is 0 Å². The Morgan fingerprint density at radius 2 is 1.06 bits per heavy atom. The summed E-state index contributed by atoms with van der Waals surface area (Å²) in [6.07, 6.45) is -3.72. The van der Waals surface area contributed by atoms with Crippen LogP contribution in [0.1, 0.15) is 45.9 Å². The van der Waals surface area contributed by atoms with Crippen LogP contribution in [0.3, 0.4) is 0 Å². The fraction of sp³-hybridized carbons (Fsp3) is 0.368. The third kappa shape index (κ3) is 5.88. The zero-order chi connectivity index (χ0) is 35.7. The summed E-state index contributed by atoms with van der Waals surface area (Å²) >= 11 is 0. The fourth-order valence-electron chi connectivity index (χ4n) is 6.92. The van der Waals surface area contributed by atoms with Crippen LogP contribution >= 0.6 is 0 Å². The topological polar surface area (TPSA) is 133 Å². The van der Waals surface area contributed by atoms with Crippen molar-refractivity contribution in [3.63, 3.8) is 0 Å². The van der Waals surface area contributed by atoms with Crippen molar-refractivity contribution >= 4 is 0 Å². The number of hydrogen-bond donors (Lipinski definition) is 2. The maximum atomic E-state index is 12.5. The van der Waals surface area contributed by atoms with Gasteiger partial charge in [0.1, 0.15) is 46.7 Å². The Balaban J connectivity index is 1.59. The summed E-state index contributed by atoms with van der Waals surface area (Å²) in [4.78, 5) is 0. The molecule has 0 saturated heterocycles. The van der Waals surface area contributed by atoms with E-state index in [0.29, 0.717) is 85.3 Å². The summed E-state index contributed by atoms with van der Waals surface area (Å²) in [6.45, 7) is 0. The number of methoxy groups -OCH3 is 8. The van der Waals surface area contributed by atoms with Crippen molar-refractivity contribution < 1.29 is 57.6 Å². The van der Waals surface area contributed by atoms with Crippen molar-refractivity contribution in [2.75, 3.05) is 56.9 Å². The maximum absolute atomic E-state index is 12.5. The van der Waals surface area contributed by atoms with Crippen molar-refractivity contribution in [3.8, 4) is 57.5 Å². The first-order chi connectivity index (χ1) is 24.2. The number of rotatable bonds is 11. The Morgan fingerprint density at radius 1 is 0.520 bits per heavy atom. The van der Waals surface area contributed by atoms with Crippen molar-refractivity contribution in [2.45, 2.75) is 36.8 Å². The highest BCUT2D eigenvalue weighted by molar-refractivity contribution is 5.66. The van der Waals surface area contributed by atoms with Gasteiger partial charge < -0.3 is 57.6 Å². The van der Waals surface area contributed by atoms with E-state index < -0.39 is 30.3 Å². The number of hydrogen-bond acceptors (Lipinski definition) is 12. The zero-order valence-corrected chi connectivity index (χ0v) is 29.3. The predicted molar refractivity (Wildman–Crippen MR) is 182 cm³/mol.